The molecule has 0 radical (unpaired) electrons. The van der Waals surface area contributed by atoms with Crippen molar-refractivity contribution in [3.05, 3.63) is 34.0 Å². The van der Waals surface area contributed by atoms with E-state index in [1.807, 2.05) is 46.8 Å². The lowest BCUT2D eigenvalue weighted by atomic mass is 9.78. The van der Waals surface area contributed by atoms with Crippen molar-refractivity contribution in [3.63, 3.8) is 0 Å². The lowest BCUT2D eigenvalue weighted by molar-refractivity contribution is -0.530. The van der Waals surface area contributed by atoms with Gasteiger partial charge in [0.2, 0.25) is 0 Å². The summed E-state index contributed by atoms with van der Waals surface area (Å²) in [6, 6.07) is 3.93. The normalized spacial score (nSPS) is 13.9. The zero-order chi connectivity index (χ0) is 21.4. The highest BCUT2D eigenvalue weighted by atomic mass is 16.5. The second-order valence-electron chi connectivity index (χ2n) is 10.6. The van der Waals surface area contributed by atoms with Gasteiger partial charge >= 0.3 is 5.97 Å². The first kappa shape index (κ1) is 23.2. The Bertz CT molecular complexity index is 688. The van der Waals surface area contributed by atoms with Gasteiger partial charge < -0.3 is 9.94 Å². The molecule has 0 unspecified atom stereocenters. The van der Waals surface area contributed by atoms with Gasteiger partial charge in [0.05, 0.1) is 5.92 Å². The SMILES string of the molecule is CC(C)C(=O)Oc1c(C(C)(C)C)cc(/C=[N+](/[O-])C(C)(C)C)cc1C(C)(C)C. The molecule has 152 valence electrons. The van der Waals surface area contributed by atoms with Crippen LogP contribution in [-0.2, 0) is 15.6 Å². The number of hydrogen-bond acceptors (Lipinski definition) is 3. The Kier molecular flexibility index (Phi) is 6.57. The number of carbonyl (C=O) groups excluding carboxylic acids is 1. The topological polar surface area (TPSA) is 52.4 Å². The van der Waals surface area contributed by atoms with E-state index in [4.69, 9.17) is 4.74 Å². The van der Waals surface area contributed by atoms with Crippen molar-refractivity contribution in [2.24, 2.45) is 5.92 Å². The van der Waals surface area contributed by atoms with Gasteiger partial charge in [0.25, 0.3) is 0 Å². The van der Waals surface area contributed by atoms with E-state index in [-0.39, 0.29) is 22.7 Å². The number of hydroxylamine groups is 1. The highest BCUT2D eigenvalue weighted by Gasteiger charge is 2.30. The molecule has 0 heterocycles. The van der Waals surface area contributed by atoms with Crippen LogP contribution in [0.2, 0.25) is 0 Å². The van der Waals surface area contributed by atoms with Crippen LogP contribution in [0.4, 0.5) is 0 Å². The number of carbonyl (C=O) groups is 1. The zero-order valence-corrected chi connectivity index (χ0v) is 19.0. The average molecular weight is 376 g/mol. The van der Waals surface area contributed by atoms with Gasteiger partial charge in [-0.15, -0.1) is 0 Å². The first-order valence-electron chi connectivity index (χ1n) is 9.66. The standard InChI is InChI=1S/C23H37NO3/c1-15(2)20(25)27-19-17(21(3,4)5)12-16(13-18(19)22(6,7)8)14-24(26)23(9,10)11/h12-15H,1-11H3/b24-14+. The summed E-state index contributed by atoms with van der Waals surface area (Å²) in [5.41, 5.74) is 1.67. The Morgan fingerprint density at radius 3 is 1.67 bits per heavy atom. The third-order valence-electron chi connectivity index (χ3n) is 4.33. The fourth-order valence-electron chi connectivity index (χ4n) is 2.50. The highest BCUT2D eigenvalue weighted by Crippen LogP contribution is 2.41. The second kappa shape index (κ2) is 7.65. The molecule has 4 nitrogen and oxygen atoms in total. The van der Waals surface area contributed by atoms with Crippen molar-refractivity contribution in [3.8, 4) is 5.75 Å². The van der Waals surface area contributed by atoms with E-state index in [9.17, 15) is 10.0 Å². The maximum Gasteiger partial charge on any atom is 0.313 e. The van der Waals surface area contributed by atoms with E-state index in [1.165, 1.54) is 0 Å². The quantitative estimate of drug-likeness (QED) is 0.173. The molecule has 1 aromatic carbocycles. The average Bonchev–Trinajstić information content (AvgIpc) is 2.44. The molecule has 0 aliphatic rings. The van der Waals surface area contributed by atoms with Crippen molar-refractivity contribution in [1.29, 1.82) is 0 Å². The summed E-state index contributed by atoms with van der Waals surface area (Å²) < 4.78 is 6.85. The molecule has 0 spiro atoms. The minimum atomic E-state index is -0.521. The molecule has 0 saturated heterocycles. The molecule has 0 atom stereocenters. The van der Waals surface area contributed by atoms with Gasteiger partial charge in [0.15, 0.2) is 11.8 Å². The number of nitrogens with zero attached hydrogens (tertiary/aromatic N) is 1. The van der Waals surface area contributed by atoms with E-state index in [1.54, 1.807) is 6.21 Å². The maximum atomic E-state index is 12.5. The molecule has 0 aliphatic heterocycles. The Morgan fingerprint density at radius 1 is 0.963 bits per heavy atom. The number of benzene rings is 1. The summed E-state index contributed by atoms with van der Waals surface area (Å²) in [4.78, 5) is 12.4. The molecular weight excluding hydrogens is 338 g/mol. The Hall–Kier alpha value is -1.84. The van der Waals surface area contributed by atoms with Crippen LogP contribution in [0.3, 0.4) is 0 Å². The molecule has 1 aromatic rings. The molecule has 4 heteroatoms. The van der Waals surface area contributed by atoms with Crippen LogP contribution in [0, 0.1) is 11.1 Å². The zero-order valence-electron chi connectivity index (χ0n) is 19.0. The molecule has 0 amide bonds. The van der Waals surface area contributed by atoms with Gasteiger partial charge in [-0.25, -0.2) is 4.74 Å². The maximum absolute atomic E-state index is 12.5. The van der Waals surface area contributed by atoms with Crippen LogP contribution in [0.25, 0.3) is 0 Å². The molecule has 0 fully saturated rings. The fourth-order valence-corrected chi connectivity index (χ4v) is 2.50. The molecule has 0 aromatic heterocycles. The molecule has 1 rings (SSSR count). The van der Waals surface area contributed by atoms with Gasteiger partial charge in [-0.3, -0.25) is 4.79 Å². The van der Waals surface area contributed by atoms with Crippen LogP contribution in [0.1, 0.15) is 92.9 Å². The van der Waals surface area contributed by atoms with Crippen LogP contribution >= 0.6 is 0 Å². The van der Waals surface area contributed by atoms with Gasteiger partial charge in [0.1, 0.15) is 5.75 Å². The van der Waals surface area contributed by atoms with E-state index >= 15 is 0 Å². The van der Waals surface area contributed by atoms with E-state index in [0.29, 0.717) is 5.75 Å². The first-order valence-corrected chi connectivity index (χ1v) is 9.66. The summed E-state index contributed by atoms with van der Waals surface area (Å²) in [6.45, 7) is 21.8. The number of hydrogen-bond donors (Lipinski definition) is 0. The van der Waals surface area contributed by atoms with Gasteiger partial charge in [-0.2, -0.15) is 0 Å². The smallest absolute Gasteiger partial charge is 0.313 e. The number of rotatable bonds is 3. The van der Waals surface area contributed by atoms with Crippen LogP contribution in [0.5, 0.6) is 5.75 Å². The minimum absolute atomic E-state index is 0.213. The second-order valence-corrected chi connectivity index (χ2v) is 10.6. The predicted molar refractivity (Wildman–Crippen MR) is 113 cm³/mol. The molecule has 0 saturated carbocycles. The minimum Gasteiger partial charge on any atom is -0.623 e. The molecular formula is C23H37NO3. The third-order valence-corrected chi connectivity index (χ3v) is 4.33. The summed E-state index contributed by atoms with van der Waals surface area (Å²) in [6.07, 6.45) is 1.62. The Balaban J connectivity index is 3.79. The van der Waals surface area contributed by atoms with Crippen molar-refractivity contribution >= 4 is 12.2 Å². The molecule has 0 N–H and O–H groups in total. The van der Waals surface area contributed by atoms with Crippen LogP contribution in [-0.4, -0.2) is 22.5 Å². The van der Waals surface area contributed by atoms with Crippen LogP contribution < -0.4 is 4.74 Å². The molecule has 27 heavy (non-hydrogen) atoms. The summed E-state index contributed by atoms with van der Waals surface area (Å²) in [5, 5.41) is 12.5. The number of esters is 1. The largest absolute Gasteiger partial charge is 0.623 e. The van der Waals surface area contributed by atoms with Crippen molar-refractivity contribution in [2.75, 3.05) is 0 Å². The lowest BCUT2D eigenvalue weighted by Crippen LogP contribution is -2.30. The van der Waals surface area contributed by atoms with Crippen molar-refractivity contribution < 1.29 is 14.3 Å². The van der Waals surface area contributed by atoms with Crippen molar-refractivity contribution in [2.45, 2.75) is 92.5 Å². The summed E-state index contributed by atoms with van der Waals surface area (Å²) in [7, 11) is 0. The van der Waals surface area contributed by atoms with Gasteiger partial charge in [-0.1, -0.05) is 55.4 Å². The number of ether oxygens (including phenoxy) is 1. The van der Waals surface area contributed by atoms with Gasteiger partial charge in [-0.05, 0) is 23.0 Å². The molecule has 0 aliphatic carbocycles. The Labute approximate surface area is 165 Å². The highest BCUT2D eigenvalue weighted by molar-refractivity contribution is 5.80. The van der Waals surface area contributed by atoms with E-state index in [0.717, 1.165) is 21.4 Å². The van der Waals surface area contributed by atoms with E-state index < -0.39 is 5.54 Å². The first-order chi connectivity index (χ1) is 11.9. The third kappa shape index (κ3) is 6.08. The fraction of sp³-hybridized carbons (Fsp3) is 0.652. The van der Waals surface area contributed by atoms with Crippen molar-refractivity contribution in [1.82, 2.24) is 0 Å². The van der Waals surface area contributed by atoms with Gasteiger partial charge in [0, 0.05) is 37.5 Å². The van der Waals surface area contributed by atoms with E-state index in [2.05, 4.69) is 41.5 Å². The summed E-state index contributed by atoms with van der Waals surface area (Å²) in [5.74, 6) is 0.164. The van der Waals surface area contributed by atoms with Crippen LogP contribution in [0.15, 0.2) is 12.1 Å². The Morgan fingerprint density at radius 2 is 1.37 bits per heavy atom. The lowest BCUT2D eigenvalue weighted by Gasteiger charge is -2.30. The summed E-state index contributed by atoms with van der Waals surface area (Å²) >= 11 is 0. The monoisotopic (exact) mass is 375 g/mol. The predicted octanol–water partition coefficient (Wildman–Crippen LogP) is 5.57. The molecule has 0 bridgehead atoms.